The van der Waals surface area contributed by atoms with Crippen molar-refractivity contribution >= 4 is 17.4 Å². The molecule has 124 valence electrons. The number of hydrogen-bond donors (Lipinski definition) is 0. The van der Waals surface area contributed by atoms with E-state index in [2.05, 4.69) is 27.9 Å². The van der Waals surface area contributed by atoms with Crippen LogP contribution in [-0.2, 0) is 4.74 Å². The maximum atomic E-state index is 5.81. The second-order valence-corrected chi connectivity index (χ2v) is 6.70. The Hall–Kier alpha value is -0.980. The first-order valence-corrected chi connectivity index (χ1v) is 9.03. The molecule has 5 nitrogen and oxygen atoms in total. The van der Waals surface area contributed by atoms with Gasteiger partial charge in [-0.2, -0.15) is 11.8 Å². The minimum absolute atomic E-state index is 0.711. The van der Waals surface area contributed by atoms with Crippen LogP contribution in [0.5, 0.6) is 5.75 Å². The van der Waals surface area contributed by atoms with E-state index in [-0.39, 0.29) is 0 Å². The monoisotopic (exact) mass is 325 g/mol. The van der Waals surface area contributed by atoms with E-state index in [0.29, 0.717) is 6.61 Å². The Morgan fingerprint density at radius 3 is 2.86 bits per heavy atom. The standard InChI is InChI=1S/C16H27N3O2S/c1-18-4-3-5-19(7-6-18)15-12-16(14-17-13-15)21-9-11-22-10-8-20-2/h12-14H,3-11H2,1-2H3. The van der Waals surface area contributed by atoms with E-state index < -0.39 is 0 Å². The molecule has 0 N–H and O–H groups in total. The first-order valence-electron chi connectivity index (χ1n) is 7.87. The zero-order valence-electron chi connectivity index (χ0n) is 13.7. The third-order valence-corrected chi connectivity index (χ3v) is 4.62. The fraction of sp³-hybridized carbons (Fsp3) is 0.688. The summed E-state index contributed by atoms with van der Waals surface area (Å²) >= 11 is 1.85. The number of pyridine rings is 1. The van der Waals surface area contributed by atoms with Crippen molar-refractivity contribution in [3.05, 3.63) is 18.5 Å². The molecule has 1 aromatic heterocycles. The number of thioether (sulfide) groups is 1. The van der Waals surface area contributed by atoms with Crippen molar-refractivity contribution < 1.29 is 9.47 Å². The lowest BCUT2D eigenvalue weighted by Gasteiger charge is -2.22. The van der Waals surface area contributed by atoms with Gasteiger partial charge < -0.3 is 19.3 Å². The fourth-order valence-electron chi connectivity index (χ4n) is 2.43. The summed E-state index contributed by atoms with van der Waals surface area (Å²) in [5.41, 5.74) is 1.17. The van der Waals surface area contributed by atoms with Crippen molar-refractivity contribution in [1.82, 2.24) is 9.88 Å². The van der Waals surface area contributed by atoms with Gasteiger partial charge in [-0.15, -0.1) is 0 Å². The van der Waals surface area contributed by atoms with E-state index >= 15 is 0 Å². The van der Waals surface area contributed by atoms with Crippen molar-refractivity contribution in [2.24, 2.45) is 0 Å². The number of likely N-dealkylation sites (N-methyl/N-ethyl adjacent to an activating group) is 1. The fourth-order valence-corrected chi connectivity index (χ4v) is 3.12. The van der Waals surface area contributed by atoms with Crippen LogP contribution in [0.15, 0.2) is 18.5 Å². The van der Waals surface area contributed by atoms with Gasteiger partial charge in [0.05, 0.1) is 31.3 Å². The summed E-state index contributed by atoms with van der Waals surface area (Å²) in [5.74, 6) is 2.85. The Morgan fingerprint density at radius 2 is 2.00 bits per heavy atom. The van der Waals surface area contributed by atoms with Gasteiger partial charge in [0.15, 0.2) is 0 Å². The predicted molar refractivity (Wildman–Crippen MR) is 93.3 cm³/mol. The Morgan fingerprint density at radius 1 is 1.14 bits per heavy atom. The zero-order chi connectivity index (χ0) is 15.6. The summed E-state index contributed by atoms with van der Waals surface area (Å²) in [6.07, 6.45) is 4.93. The molecule has 22 heavy (non-hydrogen) atoms. The Kier molecular flexibility index (Phi) is 7.83. The van der Waals surface area contributed by atoms with Gasteiger partial charge >= 0.3 is 0 Å². The Bertz CT molecular complexity index is 434. The number of nitrogens with zero attached hydrogens (tertiary/aromatic N) is 3. The van der Waals surface area contributed by atoms with Crippen molar-refractivity contribution in [3.63, 3.8) is 0 Å². The van der Waals surface area contributed by atoms with Gasteiger partial charge in [-0.25, -0.2) is 0 Å². The van der Waals surface area contributed by atoms with E-state index in [9.17, 15) is 0 Å². The summed E-state index contributed by atoms with van der Waals surface area (Å²) in [4.78, 5) is 9.11. The van der Waals surface area contributed by atoms with E-state index in [1.54, 1.807) is 13.3 Å². The minimum Gasteiger partial charge on any atom is -0.491 e. The average molecular weight is 325 g/mol. The molecule has 2 rings (SSSR count). The van der Waals surface area contributed by atoms with Crippen LogP contribution in [0, 0.1) is 0 Å². The normalized spacial score (nSPS) is 16.5. The molecule has 1 aliphatic rings. The van der Waals surface area contributed by atoms with Crippen LogP contribution >= 0.6 is 11.8 Å². The molecular weight excluding hydrogens is 298 g/mol. The third kappa shape index (κ3) is 6.02. The van der Waals surface area contributed by atoms with E-state index in [1.807, 2.05) is 18.0 Å². The molecule has 0 atom stereocenters. The summed E-state index contributed by atoms with van der Waals surface area (Å²) < 4.78 is 10.8. The number of aromatic nitrogens is 1. The van der Waals surface area contributed by atoms with Gasteiger partial charge in [0.25, 0.3) is 0 Å². The number of anilines is 1. The summed E-state index contributed by atoms with van der Waals surface area (Å²) in [7, 11) is 3.91. The molecule has 0 aromatic carbocycles. The van der Waals surface area contributed by atoms with E-state index in [0.717, 1.165) is 43.5 Å². The molecule has 0 unspecified atom stereocenters. The lowest BCUT2D eigenvalue weighted by Crippen LogP contribution is -2.28. The first kappa shape index (κ1) is 17.4. The van der Waals surface area contributed by atoms with Gasteiger partial charge in [0.1, 0.15) is 5.75 Å². The van der Waals surface area contributed by atoms with Crippen molar-refractivity contribution in [2.45, 2.75) is 6.42 Å². The molecular formula is C16H27N3O2S. The van der Waals surface area contributed by atoms with Gasteiger partial charge in [-0.05, 0) is 20.0 Å². The highest BCUT2D eigenvalue weighted by Gasteiger charge is 2.13. The first-order chi connectivity index (χ1) is 10.8. The van der Waals surface area contributed by atoms with Crippen LogP contribution in [0.1, 0.15) is 6.42 Å². The molecule has 0 spiro atoms. The predicted octanol–water partition coefficient (Wildman–Crippen LogP) is 1.98. The molecule has 6 heteroatoms. The summed E-state index contributed by atoms with van der Waals surface area (Å²) in [6.45, 7) is 5.91. The van der Waals surface area contributed by atoms with Gasteiger partial charge in [0, 0.05) is 44.3 Å². The average Bonchev–Trinajstić information content (AvgIpc) is 2.76. The maximum Gasteiger partial charge on any atom is 0.139 e. The van der Waals surface area contributed by atoms with E-state index in [4.69, 9.17) is 9.47 Å². The van der Waals surface area contributed by atoms with Crippen LogP contribution in [0.25, 0.3) is 0 Å². The van der Waals surface area contributed by atoms with Gasteiger partial charge in [0.2, 0.25) is 0 Å². The maximum absolute atomic E-state index is 5.81. The molecule has 0 saturated carbocycles. The second-order valence-electron chi connectivity index (χ2n) is 5.48. The van der Waals surface area contributed by atoms with Crippen molar-refractivity contribution in [2.75, 3.05) is 70.0 Å². The third-order valence-electron chi connectivity index (χ3n) is 3.71. The van der Waals surface area contributed by atoms with Crippen LogP contribution in [-0.4, -0.2) is 74.9 Å². The molecule has 0 amide bonds. The van der Waals surface area contributed by atoms with Crippen molar-refractivity contribution in [1.29, 1.82) is 0 Å². The highest BCUT2D eigenvalue weighted by Crippen LogP contribution is 2.21. The molecule has 1 aromatic rings. The molecule has 2 heterocycles. The lowest BCUT2D eigenvalue weighted by atomic mass is 10.3. The largest absolute Gasteiger partial charge is 0.491 e. The topological polar surface area (TPSA) is 37.8 Å². The van der Waals surface area contributed by atoms with Crippen LogP contribution in [0.3, 0.4) is 0 Å². The number of rotatable bonds is 8. The minimum atomic E-state index is 0.711. The molecule has 0 aliphatic carbocycles. The van der Waals surface area contributed by atoms with Gasteiger partial charge in [-0.3, -0.25) is 4.98 Å². The van der Waals surface area contributed by atoms with Gasteiger partial charge in [-0.1, -0.05) is 0 Å². The zero-order valence-corrected chi connectivity index (χ0v) is 14.5. The molecule has 1 fully saturated rings. The quantitative estimate of drug-likeness (QED) is 0.681. The SMILES string of the molecule is COCCSCCOc1cncc(N2CCCN(C)CC2)c1. The molecule has 1 saturated heterocycles. The highest BCUT2D eigenvalue weighted by atomic mass is 32.2. The van der Waals surface area contributed by atoms with Crippen LogP contribution < -0.4 is 9.64 Å². The Labute approximate surface area is 138 Å². The summed E-state index contributed by atoms with van der Waals surface area (Å²) in [5, 5.41) is 0. The van der Waals surface area contributed by atoms with Crippen LogP contribution in [0.2, 0.25) is 0 Å². The van der Waals surface area contributed by atoms with E-state index in [1.165, 1.54) is 18.7 Å². The Balaban J connectivity index is 1.79. The molecule has 0 radical (unpaired) electrons. The number of hydrogen-bond acceptors (Lipinski definition) is 6. The molecule has 0 bridgehead atoms. The summed E-state index contributed by atoms with van der Waals surface area (Å²) in [6, 6.07) is 2.11. The highest BCUT2D eigenvalue weighted by molar-refractivity contribution is 7.99. The van der Waals surface area contributed by atoms with Crippen LogP contribution in [0.4, 0.5) is 5.69 Å². The lowest BCUT2D eigenvalue weighted by molar-refractivity contribution is 0.218. The smallest absolute Gasteiger partial charge is 0.139 e. The molecule has 1 aliphatic heterocycles. The van der Waals surface area contributed by atoms with Crippen molar-refractivity contribution in [3.8, 4) is 5.75 Å². The second kappa shape index (κ2) is 9.92. The number of methoxy groups -OCH3 is 1. The number of ether oxygens (including phenoxy) is 2.